The molecule has 2 rings (SSSR count). The Hall–Kier alpha value is -1.65. The van der Waals surface area contributed by atoms with Crippen LogP contribution in [0.15, 0.2) is 12.1 Å². The van der Waals surface area contributed by atoms with Crippen LogP contribution < -0.4 is 5.73 Å². The summed E-state index contributed by atoms with van der Waals surface area (Å²) in [5, 5.41) is 0. The summed E-state index contributed by atoms with van der Waals surface area (Å²) in [5.74, 6) is -2.33. The molecule has 0 saturated heterocycles. The molecule has 1 aromatic rings. The number of hydrogen-bond acceptors (Lipinski definition) is 3. The lowest BCUT2D eigenvalue weighted by Crippen LogP contribution is -2.28. The smallest absolute Gasteiger partial charge is 0.341 e. The van der Waals surface area contributed by atoms with E-state index in [1.807, 2.05) is 6.92 Å². The number of carbonyl (C=O) groups is 1. The molecule has 3 nitrogen and oxygen atoms in total. The summed E-state index contributed by atoms with van der Waals surface area (Å²) in [5.41, 5.74) is 4.77. The number of rotatable bonds is 2. The van der Waals surface area contributed by atoms with Gasteiger partial charge in [-0.3, -0.25) is 0 Å². The highest BCUT2D eigenvalue weighted by molar-refractivity contribution is 5.90. The van der Waals surface area contributed by atoms with Crippen molar-refractivity contribution < 1.29 is 18.3 Å². The highest BCUT2D eigenvalue weighted by Crippen LogP contribution is 2.27. The molecule has 0 spiro atoms. The molecule has 0 heterocycles. The fourth-order valence-electron chi connectivity index (χ4n) is 2.38. The van der Waals surface area contributed by atoms with Crippen molar-refractivity contribution in [2.24, 2.45) is 5.92 Å². The standard InChI is InChI=1S/C14H17F2NO2/c1-8-4-2-3-5-13(8)19-14(18)9-6-12(17)11(16)7-10(9)15/h6-8,13H,2-5,17H2,1H3. The van der Waals surface area contributed by atoms with E-state index >= 15 is 0 Å². The Labute approximate surface area is 110 Å². The predicted molar refractivity (Wildman–Crippen MR) is 67.6 cm³/mol. The minimum atomic E-state index is -0.944. The Bertz CT molecular complexity index is 491. The second-order valence-electron chi connectivity index (χ2n) is 5.06. The molecule has 1 saturated carbocycles. The molecule has 2 N–H and O–H groups in total. The van der Waals surface area contributed by atoms with E-state index in [2.05, 4.69) is 0 Å². The van der Waals surface area contributed by atoms with Crippen LogP contribution >= 0.6 is 0 Å². The fourth-order valence-corrected chi connectivity index (χ4v) is 2.38. The summed E-state index contributed by atoms with van der Waals surface area (Å²) in [6.45, 7) is 2.01. The van der Waals surface area contributed by atoms with Crippen molar-refractivity contribution in [2.45, 2.75) is 38.7 Å². The normalized spacial score (nSPS) is 23.1. The van der Waals surface area contributed by atoms with E-state index in [1.165, 1.54) is 0 Å². The molecule has 1 aliphatic rings. The summed E-state index contributed by atoms with van der Waals surface area (Å²) in [6, 6.07) is 1.59. The molecule has 5 heteroatoms. The lowest BCUT2D eigenvalue weighted by Gasteiger charge is -2.28. The third-order valence-corrected chi connectivity index (χ3v) is 3.60. The monoisotopic (exact) mass is 269 g/mol. The zero-order chi connectivity index (χ0) is 14.0. The van der Waals surface area contributed by atoms with Crippen LogP contribution in [0, 0.1) is 17.6 Å². The lowest BCUT2D eigenvalue weighted by molar-refractivity contribution is 0.00436. The molecule has 0 amide bonds. The van der Waals surface area contributed by atoms with Gasteiger partial charge < -0.3 is 10.5 Å². The van der Waals surface area contributed by atoms with Crippen LogP contribution in [0.5, 0.6) is 0 Å². The van der Waals surface area contributed by atoms with E-state index in [0.29, 0.717) is 6.07 Å². The zero-order valence-electron chi connectivity index (χ0n) is 10.8. The average Bonchev–Trinajstić information content (AvgIpc) is 2.36. The molecular formula is C14H17F2NO2. The van der Waals surface area contributed by atoms with Gasteiger partial charge in [-0.15, -0.1) is 0 Å². The average molecular weight is 269 g/mol. The van der Waals surface area contributed by atoms with E-state index in [-0.39, 0.29) is 23.3 Å². The Morgan fingerprint density at radius 3 is 2.63 bits per heavy atom. The molecular weight excluding hydrogens is 252 g/mol. The van der Waals surface area contributed by atoms with Crippen molar-refractivity contribution in [3.8, 4) is 0 Å². The molecule has 2 unspecified atom stereocenters. The van der Waals surface area contributed by atoms with Gasteiger partial charge >= 0.3 is 5.97 Å². The summed E-state index contributed by atoms with van der Waals surface area (Å²) >= 11 is 0. The maximum absolute atomic E-state index is 13.5. The van der Waals surface area contributed by atoms with Crippen LogP contribution in [0.25, 0.3) is 0 Å². The topological polar surface area (TPSA) is 52.3 Å². The van der Waals surface area contributed by atoms with Crippen LogP contribution in [0.1, 0.15) is 43.0 Å². The van der Waals surface area contributed by atoms with Crippen LogP contribution in [-0.2, 0) is 4.74 Å². The number of benzene rings is 1. The van der Waals surface area contributed by atoms with Crippen molar-refractivity contribution in [3.63, 3.8) is 0 Å². The van der Waals surface area contributed by atoms with Gasteiger partial charge in [-0.25, -0.2) is 13.6 Å². The first-order valence-corrected chi connectivity index (χ1v) is 6.44. The molecule has 0 aliphatic heterocycles. The summed E-state index contributed by atoms with van der Waals surface area (Å²) in [6.07, 6.45) is 3.69. The van der Waals surface area contributed by atoms with E-state index in [0.717, 1.165) is 31.7 Å². The maximum Gasteiger partial charge on any atom is 0.341 e. The van der Waals surface area contributed by atoms with Crippen LogP contribution in [0.2, 0.25) is 0 Å². The number of anilines is 1. The minimum absolute atomic E-state index is 0.202. The van der Waals surface area contributed by atoms with Gasteiger partial charge in [0, 0.05) is 6.07 Å². The number of nitrogens with two attached hydrogens (primary N) is 1. The molecule has 1 aromatic carbocycles. The Balaban J connectivity index is 2.13. The van der Waals surface area contributed by atoms with E-state index in [9.17, 15) is 13.6 Å². The number of hydrogen-bond donors (Lipinski definition) is 1. The minimum Gasteiger partial charge on any atom is -0.458 e. The number of esters is 1. The first-order chi connectivity index (χ1) is 8.99. The number of halogens is 2. The molecule has 19 heavy (non-hydrogen) atoms. The Morgan fingerprint density at radius 2 is 1.95 bits per heavy atom. The summed E-state index contributed by atoms with van der Waals surface area (Å²) in [7, 11) is 0. The van der Waals surface area contributed by atoms with Crippen molar-refractivity contribution >= 4 is 11.7 Å². The molecule has 104 valence electrons. The summed E-state index contributed by atoms with van der Waals surface area (Å²) in [4.78, 5) is 11.9. The van der Waals surface area contributed by atoms with Gasteiger partial charge in [0.1, 0.15) is 17.7 Å². The van der Waals surface area contributed by atoms with Gasteiger partial charge in [0.2, 0.25) is 0 Å². The van der Waals surface area contributed by atoms with E-state index in [4.69, 9.17) is 10.5 Å². The predicted octanol–water partition coefficient (Wildman–Crippen LogP) is 3.28. The van der Waals surface area contributed by atoms with Crippen LogP contribution in [0.3, 0.4) is 0 Å². The highest BCUT2D eigenvalue weighted by atomic mass is 19.1. The van der Waals surface area contributed by atoms with E-state index < -0.39 is 17.6 Å². The third kappa shape index (κ3) is 3.03. The van der Waals surface area contributed by atoms with Crippen LogP contribution in [0.4, 0.5) is 14.5 Å². The van der Waals surface area contributed by atoms with E-state index in [1.54, 1.807) is 0 Å². The second-order valence-corrected chi connectivity index (χ2v) is 5.06. The van der Waals surface area contributed by atoms with Gasteiger partial charge in [-0.1, -0.05) is 13.3 Å². The van der Waals surface area contributed by atoms with Crippen LogP contribution in [-0.4, -0.2) is 12.1 Å². The third-order valence-electron chi connectivity index (χ3n) is 3.60. The maximum atomic E-state index is 13.5. The molecule has 0 bridgehead atoms. The number of nitrogen functional groups attached to an aromatic ring is 1. The molecule has 2 atom stereocenters. The summed E-state index contributed by atoms with van der Waals surface area (Å²) < 4.78 is 31.9. The quantitative estimate of drug-likeness (QED) is 0.662. The van der Waals surface area contributed by atoms with Crippen molar-refractivity contribution in [1.82, 2.24) is 0 Å². The van der Waals surface area contributed by atoms with Gasteiger partial charge in [-0.05, 0) is 31.2 Å². The van der Waals surface area contributed by atoms with Gasteiger partial charge in [0.15, 0.2) is 0 Å². The second kappa shape index (κ2) is 5.55. The Kier molecular flexibility index (Phi) is 4.02. The van der Waals surface area contributed by atoms with Crippen molar-refractivity contribution in [1.29, 1.82) is 0 Å². The lowest BCUT2D eigenvalue weighted by atomic mass is 9.88. The van der Waals surface area contributed by atoms with Crippen molar-refractivity contribution in [3.05, 3.63) is 29.3 Å². The number of carbonyl (C=O) groups excluding carboxylic acids is 1. The highest BCUT2D eigenvalue weighted by Gasteiger charge is 2.26. The Morgan fingerprint density at radius 1 is 1.26 bits per heavy atom. The van der Waals surface area contributed by atoms with Gasteiger partial charge in [0.25, 0.3) is 0 Å². The largest absolute Gasteiger partial charge is 0.458 e. The SMILES string of the molecule is CC1CCCCC1OC(=O)c1cc(N)c(F)cc1F. The van der Waals surface area contributed by atoms with Crippen molar-refractivity contribution in [2.75, 3.05) is 5.73 Å². The zero-order valence-corrected chi connectivity index (χ0v) is 10.8. The number of ether oxygens (including phenoxy) is 1. The fraction of sp³-hybridized carbons (Fsp3) is 0.500. The van der Waals surface area contributed by atoms with Gasteiger partial charge in [0.05, 0.1) is 11.3 Å². The van der Waals surface area contributed by atoms with Gasteiger partial charge in [-0.2, -0.15) is 0 Å². The molecule has 0 aromatic heterocycles. The molecule has 0 radical (unpaired) electrons. The molecule has 1 aliphatic carbocycles. The molecule has 1 fully saturated rings. The first kappa shape index (κ1) is 13.8. The first-order valence-electron chi connectivity index (χ1n) is 6.44.